The average Bonchev–Trinajstić information content (AvgIpc) is 3.94. The Morgan fingerprint density at radius 1 is 1.02 bits per heavy atom. The lowest BCUT2D eigenvalue weighted by Gasteiger charge is -2.33. The fraction of sp³-hybridized carbons (Fsp3) is 0.649. The lowest BCUT2D eigenvalue weighted by Crippen LogP contribution is -2.59. The molecule has 2 heterocycles. The Kier molecular flexibility index (Phi) is 11.6. The third-order valence-corrected chi connectivity index (χ3v) is 12.8. The summed E-state index contributed by atoms with van der Waals surface area (Å²) >= 11 is 0. The molecule has 14 nitrogen and oxygen atoms in total. The van der Waals surface area contributed by atoms with E-state index in [-0.39, 0.29) is 18.8 Å². The lowest BCUT2D eigenvalue weighted by atomic mass is 9.88. The van der Waals surface area contributed by atoms with Crippen LogP contribution in [-0.2, 0) is 40.1 Å². The Labute approximate surface area is 318 Å². The summed E-state index contributed by atoms with van der Waals surface area (Å²) in [5.74, 6) is -3.51. The van der Waals surface area contributed by atoms with E-state index in [1.807, 2.05) is 13.0 Å². The van der Waals surface area contributed by atoms with Crippen molar-refractivity contribution in [3.05, 3.63) is 42.0 Å². The largest absolute Gasteiger partial charge is 0.444 e. The summed E-state index contributed by atoms with van der Waals surface area (Å²) in [4.78, 5) is 69.8. The minimum Gasteiger partial charge on any atom is -0.444 e. The van der Waals surface area contributed by atoms with Gasteiger partial charge in [-0.15, -0.1) is 0 Å². The van der Waals surface area contributed by atoms with E-state index in [2.05, 4.69) is 20.7 Å². The van der Waals surface area contributed by atoms with Gasteiger partial charge in [-0.2, -0.15) is 13.2 Å². The van der Waals surface area contributed by atoms with Crippen LogP contribution in [0.5, 0.6) is 0 Å². The smallest absolute Gasteiger partial charge is 0.418 e. The molecule has 1 saturated heterocycles. The number of alkyl halides is 3. The van der Waals surface area contributed by atoms with Gasteiger partial charge in [0.1, 0.15) is 29.3 Å². The number of ether oxygens (including phenoxy) is 2. The van der Waals surface area contributed by atoms with E-state index >= 15 is 0 Å². The van der Waals surface area contributed by atoms with Gasteiger partial charge in [-0.3, -0.25) is 24.4 Å². The van der Waals surface area contributed by atoms with Gasteiger partial charge in [-0.05, 0) is 90.2 Å². The predicted octanol–water partition coefficient (Wildman–Crippen LogP) is 5.00. The predicted molar refractivity (Wildman–Crippen MR) is 194 cm³/mol. The molecule has 1 aromatic rings. The summed E-state index contributed by atoms with van der Waals surface area (Å²) in [6, 6.07) is 1.65. The summed E-state index contributed by atoms with van der Waals surface area (Å²) in [5, 5.41) is 7.47. The highest BCUT2D eigenvalue weighted by molar-refractivity contribution is 7.91. The molecule has 5 rings (SSSR count). The molecule has 4 aliphatic rings. The van der Waals surface area contributed by atoms with Crippen LogP contribution >= 0.6 is 0 Å². The highest BCUT2D eigenvalue weighted by Crippen LogP contribution is 2.47. The molecule has 0 bridgehead atoms. The number of alkyl carbamates (subject to hydrolysis) is 1. The van der Waals surface area contributed by atoms with Crippen LogP contribution in [0.3, 0.4) is 0 Å². The maximum absolute atomic E-state index is 14.5. The van der Waals surface area contributed by atoms with Gasteiger partial charge in [0.15, 0.2) is 0 Å². The quantitative estimate of drug-likeness (QED) is 0.287. The first-order valence-corrected chi connectivity index (χ1v) is 19.9. The zero-order chi connectivity index (χ0) is 40.7. The Balaban J connectivity index is 1.46. The second kappa shape index (κ2) is 15.3. The third-order valence-electron chi connectivity index (χ3n) is 10.7. The van der Waals surface area contributed by atoms with Gasteiger partial charge in [0, 0.05) is 12.3 Å². The molecule has 55 heavy (non-hydrogen) atoms. The molecule has 304 valence electrons. The van der Waals surface area contributed by atoms with Crippen LogP contribution in [0, 0.1) is 17.8 Å². The minimum atomic E-state index is -4.79. The minimum absolute atomic E-state index is 0.0469. The van der Waals surface area contributed by atoms with Gasteiger partial charge in [0.2, 0.25) is 21.8 Å². The van der Waals surface area contributed by atoms with Crippen molar-refractivity contribution in [1.29, 1.82) is 0 Å². The van der Waals surface area contributed by atoms with Gasteiger partial charge in [0.05, 0.1) is 22.5 Å². The van der Waals surface area contributed by atoms with Crippen molar-refractivity contribution in [3.63, 3.8) is 0 Å². The summed E-state index contributed by atoms with van der Waals surface area (Å²) in [6.45, 7) is 9.83. The first kappa shape index (κ1) is 41.8. The molecule has 0 radical (unpaired) electrons. The number of amides is 5. The van der Waals surface area contributed by atoms with Crippen molar-refractivity contribution in [2.24, 2.45) is 17.8 Å². The van der Waals surface area contributed by atoms with Gasteiger partial charge in [0.25, 0.3) is 5.91 Å². The molecule has 2 saturated carbocycles. The SMILES string of the molecule is C[C@H]1CC/C=C\C2C[C@@]2(C(=O)NS(=O)(=O)C2(C)CC2)NC(=O)[C@@H]2C[C@@H](OC(=O)Nc3ccccc3C(F)(F)F)CN2C(=O)[C@@H](NC(=O)OC(C)(C)C)[C@H](C)C1. The molecule has 2 aliphatic heterocycles. The zero-order valence-electron chi connectivity index (χ0n) is 31.7. The molecule has 0 aromatic heterocycles. The highest BCUT2D eigenvalue weighted by atomic mass is 32.2. The number of anilines is 1. The number of benzene rings is 1. The molecular weight excluding hydrogens is 747 g/mol. The Morgan fingerprint density at radius 2 is 1.69 bits per heavy atom. The number of para-hydroxylation sites is 1. The van der Waals surface area contributed by atoms with E-state index in [1.165, 1.54) is 13.0 Å². The maximum atomic E-state index is 14.5. The van der Waals surface area contributed by atoms with Crippen molar-refractivity contribution in [3.8, 4) is 0 Å². The molecule has 2 aliphatic carbocycles. The lowest BCUT2D eigenvalue weighted by molar-refractivity contribution is -0.142. The summed E-state index contributed by atoms with van der Waals surface area (Å²) in [7, 11) is -4.09. The van der Waals surface area contributed by atoms with Crippen LogP contribution < -0.4 is 20.7 Å². The van der Waals surface area contributed by atoms with Crippen LogP contribution in [0.15, 0.2) is 36.4 Å². The molecule has 1 aromatic carbocycles. The van der Waals surface area contributed by atoms with Crippen LogP contribution in [0.1, 0.15) is 92.1 Å². The number of nitrogens with zero attached hydrogens (tertiary/aromatic N) is 1. The first-order chi connectivity index (χ1) is 25.4. The molecular formula is C37H50F3N5O9S. The summed E-state index contributed by atoms with van der Waals surface area (Å²) < 4.78 is 79.1. The molecule has 3 fully saturated rings. The van der Waals surface area contributed by atoms with Crippen molar-refractivity contribution in [1.82, 2.24) is 20.3 Å². The number of sulfonamides is 1. The van der Waals surface area contributed by atoms with Gasteiger partial charge >= 0.3 is 18.4 Å². The molecule has 0 spiro atoms. The van der Waals surface area contributed by atoms with Crippen molar-refractivity contribution in [2.45, 2.75) is 127 Å². The third kappa shape index (κ3) is 9.73. The van der Waals surface area contributed by atoms with E-state index < -0.39 is 110 Å². The average molecular weight is 798 g/mol. The van der Waals surface area contributed by atoms with Crippen LogP contribution in [0.4, 0.5) is 28.4 Å². The van der Waals surface area contributed by atoms with E-state index in [0.717, 1.165) is 23.1 Å². The van der Waals surface area contributed by atoms with E-state index in [0.29, 0.717) is 32.1 Å². The van der Waals surface area contributed by atoms with Crippen LogP contribution in [-0.4, -0.2) is 83.8 Å². The number of allylic oxidation sites excluding steroid dienone is 1. The van der Waals surface area contributed by atoms with Gasteiger partial charge < -0.3 is 25.0 Å². The summed E-state index contributed by atoms with van der Waals surface area (Å²) in [6.07, 6.45) is -2.33. The number of fused-ring (bicyclic) bond motifs is 2. The normalized spacial score (nSPS) is 30.2. The number of nitrogens with one attached hydrogen (secondary N) is 4. The van der Waals surface area contributed by atoms with Crippen molar-refractivity contribution in [2.75, 3.05) is 11.9 Å². The maximum Gasteiger partial charge on any atom is 0.418 e. The second-order valence-electron chi connectivity index (χ2n) is 16.5. The monoisotopic (exact) mass is 797 g/mol. The number of carbonyl (C=O) groups is 5. The number of rotatable bonds is 6. The number of halogens is 3. The fourth-order valence-electron chi connectivity index (χ4n) is 7.16. The van der Waals surface area contributed by atoms with Gasteiger partial charge in [-0.25, -0.2) is 18.0 Å². The van der Waals surface area contributed by atoms with Crippen LogP contribution in [0.2, 0.25) is 0 Å². The van der Waals surface area contributed by atoms with Crippen LogP contribution in [0.25, 0.3) is 0 Å². The molecule has 7 atom stereocenters. The van der Waals surface area contributed by atoms with Gasteiger partial charge in [-0.1, -0.05) is 38.1 Å². The number of carbonyl (C=O) groups excluding carboxylic acids is 5. The summed E-state index contributed by atoms with van der Waals surface area (Å²) in [5.41, 5.74) is -4.27. The van der Waals surface area contributed by atoms with Crippen molar-refractivity contribution >= 4 is 45.6 Å². The Morgan fingerprint density at radius 3 is 2.33 bits per heavy atom. The molecule has 4 N–H and O–H groups in total. The number of hydrogen-bond donors (Lipinski definition) is 4. The van der Waals surface area contributed by atoms with Crippen molar-refractivity contribution < 1.29 is 55.0 Å². The number of hydrogen-bond acceptors (Lipinski definition) is 9. The Hall–Kier alpha value is -4.35. The van der Waals surface area contributed by atoms with E-state index in [1.54, 1.807) is 33.8 Å². The first-order valence-electron chi connectivity index (χ1n) is 18.4. The molecule has 5 amide bonds. The Bertz CT molecular complexity index is 1830. The van der Waals surface area contributed by atoms with E-state index in [9.17, 15) is 45.6 Å². The fourth-order valence-corrected chi connectivity index (χ4v) is 8.47. The standard InChI is InChI=1S/C37H50F3N5O9S/c1-21-11-7-8-12-23-19-36(23,31(48)44-55(51,52)35(6)15-16-35)43-29(46)27-18-24(53-32(49)41-26-14-10-9-13-25(26)37(38,39)40)20-45(27)30(47)28(22(2)17-21)42-33(50)54-34(3,4)5/h8-10,12-14,21-24,27-28H,7,11,15-20H2,1-6H3,(H,41,49)(H,42,50)(H,43,46)(H,44,48)/b12-8-/t21-,22+,23?,24+,27-,28-,36+/m0/s1. The highest BCUT2D eigenvalue weighted by Gasteiger charge is 2.63. The second-order valence-corrected chi connectivity index (χ2v) is 18.7. The molecule has 18 heteroatoms. The van der Waals surface area contributed by atoms with E-state index in [4.69, 9.17) is 9.47 Å². The zero-order valence-corrected chi connectivity index (χ0v) is 32.6. The topological polar surface area (TPSA) is 189 Å². The molecule has 1 unspecified atom stereocenters.